The van der Waals surface area contributed by atoms with Crippen LogP contribution in [-0.2, 0) is 4.79 Å². The standard InChI is InChI=1S/C12H22OS/c1-8(2)10(4)14-12-7-11(13)6-5-9(12)3/h8-10,12H,5-7H2,1-4H3. The molecule has 0 N–H and O–H groups in total. The maximum Gasteiger partial charge on any atom is 0.134 e. The summed E-state index contributed by atoms with van der Waals surface area (Å²) in [6.45, 7) is 9.08. The molecule has 0 bridgehead atoms. The Morgan fingerprint density at radius 3 is 2.57 bits per heavy atom. The van der Waals surface area contributed by atoms with Gasteiger partial charge < -0.3 is 0 Å². The SMILES string of the molecule is CC(C)C(C)SC1CC(=O)CCC1C. The van der Waals surface area contributed by atoms with Crippen LogP contribution in [-0.4, -0.2) is 16.3 Å². The quantitative estimate of drug-likeness (QED) is 0.715. The highest BCUT2D eigenvalue weighted by molar-refractivity contribution is 8.00. The van der Waals surface area contributed by atoms with Crippen molar-refractivity contribution in [1.82, 2.24) is 0 Å². The van der Waals surface area contributed by atoms with Gasteiger partial charge in [0.1, 0.15) is 5.78 Å². The summed E-state index contributed by atoms with van der Waals surface area (Å²) in [5, 5.41) is 1.25. The molecule has 0 aliphatic heterocycles. The van der Waals surface area contributed by atoms with Crippen LogP contribution in [0.2, 0.25) is 0 Å². The summed E-state index contributed by atoms with van der Waals surface area (Å²) in [4.78, 5) is 11.4. The zero-order valence-electron chi connectivity index (χ0n) is 9.75. The topological polar surface area (TPSA) is 17.1 Å². The van der Waals surface area contributed by atoms with E-state index in [0.717, 1.165) is 25.2 Å². The third kappa shape index (κ3) is 3.30. The van der Waals surface area contributed by atoms with Crippen LogP contribution in [0.1, 0.15) is 47.0 Å². The summed E-state index contributed by atoms with van der Waals surface area (Å²) in [6, 6.07) is 0. The van der Waals surface area contributed by atoms with E-state index in [0.29, 0.717) is 22.2 Å². The molecule has 82 valence electrons. The van der Waals surface area contributed by atoms with Gasteiger partial charge >= 0.3 is 0 Å². The van der Waals surface area contributed by atoms with E-state index in [1.54, 1.807) is 0 Å². The Kier molecular flexibility index (Phi) is 4.49. The second-order valence-electron chi connectivity index (χ2n) is 4.88. The summed E-state index contributed by atoms with van der Waals surface area (Å²) in [5.41, 5.74) is 0. The summed E-state index contributed by atoms with van der Waals surface area (Å²) in [7, 11) is 0. The van der Waals surface area contributed by atoms with Crippen molar-refractivity contribution in [2.45, 2.75) is 57.5 Å². The van der Waals surface area contributed by atoms with E-state index in [2.05, 4.69) is 27.7 Å². The molecule has 1 fully saturated rings. The fraction of sp³-hybridized carbons (Fsp3) is 0.917. The van der Waals surface area contributed by atoms with Gasteiger partial charge in [0.05, 0.1) is 0 Å². The van der Waals surface area contributed by atoms with Crippen LogP contribution in [0, 0.1) is 11.8 Å². The number of rotatable bonds is 3. The first-order valence-corrected chi connectivity index (χ1v) is 6.62. The molecular weight excluding hydrogens is 192 g/mol. The van der Waals surface area contributed by atoms with Gasteiger partial charge in [-0.05, 0) is 18.3 Å². The normalized spacial score (nSPS) is 30.8. The predicted molar refractivity (Wildman–Crippen MR) is 63.7 cm³/mol. The third-order valence-corrected chi connectivity index (χ3v) is 5.22. The van der Waals surface area contributed by atoms with Crippen molar-refractivity contribution >= 4 is 17.5 Å². The number of hydrogen-bond acceptors (Lipinski definition) is 2. The van der Waals surface area contributed by atoms with Crippen LogP contribution in [0.25, 0.3) is 0 Å². The van der Waals surface area contributed by atoms with E-state index in [1.165, 1.54) is 0 Å². The summed E-state index contributed by atoms with van der Waals surface area (Å²) in [5.74, 6) is 1.90. The molecule has 1 aliphatic rings. The van der Waals surface area contributed by atoms with E-state index in [4.69, 9.17) is 0 Å². The maximum atomic E-state index is 11.4. The van der Waals surface area contributed by atoms with Gasteiger partial charge in [-0.2, -0.15) is 11.8 Å². The minimum Gasteiger partial charge on any atom is -0.300 e. The monoisotopic (exact) mass is 214 g/mol. The molecule has 14 heavy (non-hydrogen) atoms. The van der Waals surface area contributed by atoms with Gasteiger partial charge in [-0.15, -0.1) is 0 Å². The molecular formula is C12H22OS. The molecule has 1 rings (SSSR count). The first-order valence-electron chi connectivity index (χ1n) is 5.68. The highest BCUT2D eigenvalue weighted by Crippen LogP contribution is 2.35. The van der Waals surface area contributed by atoms with Crippen molar-refractivity contribution in [3.8, 4) is 0 Å². The zero-order valence-corrected chi connectivity index (χ0v) is 10.6. The molecule has 0 aromatic carbocycles. The van der Waals surface area contributed by atoms with E-state index in [9.17, 15) is 4.79 Å². The summed E-state index contributed by atoms with van der Waals surface area (Å²) >= 11 is 2.02. The van der Waals surface area contributed by atoms with Gasteiger partial charge in [-0.3, -0.25) is 4.79 Å². The predicted octanol–water partition coefficient (Wildman–Crippen LogP) is 3.52. The summed E-state index contributed by atoms with van der Waals surface area (Å²) in [6.07, 6.45) is 2.72. The minimum atomic E-state index is 0.469. The molecule has 0 aromatic rings. The Labute approximate surface area is 92.0 Å². The zero-order chi connectivity index (χ0) is 10.7. The van der Waals surface area contributed by atoms with Crippen molar-refractivity contribution in [2.75, 3.05) is 0 Å². The number of carbonyl (C=O) groups is 1. The Morgan fingerprint density at radius 2 is 2.00 bits per heavy atom. The number of carbonyl (C=O) groups excluding carboxylic acids is 1. The minimum absolute atomic E-state index is 0.469. The number of thioether (sulfide) groups is 1. The first kappa shape index (κ1) is 12.1. The van der Waals surface area contributed by atoms with Crippen LogP contribution < -0.4 is 0 Å². The molecule has 3 atom stereocenters. The van der Waals surface area contributed by atoms with Gasteiger partial charge in [-0.1, -0.05) is 27.7 Å². The van der Waals surface area contributed by atoms with Gasteiger partial charge in [0.15, 0.2) is 0 Å². The summed E-state index contributed by atoms with van der Waals surface area (Å²) < 4.78 is 0. The third-order valence-electron chi connectivity index (χ3n) is 3.27. The van der Waals surface area contributed by atoms with E-state index < -0.39 is 0 Å². The molecule has 0 radical (unpaired) electrons. The lowest BCUT2D eigenvalue weighted by Crippen LogP contribution is -2.27. The van der Waals surface area contributed by atoms with Crippen molar-refractivity contribution in [1.29, 1.82) is 0 Å². The van der Waals surface area contributed by atoms with Gasteiger partial charge in [0.2, 0.25) is 0 Å². The van der Waals surface area contributed by atoms with Crippen LogP contribution in [0.3, 0.4) is 0 Å². The molecule has 0 heterocycles. The molecule has 0 aromatic heterocycles. The lowest BCUT2D eigenvalue weighted by molar-refractivity contribution is -0.120. The lowest BCUT2D eigenvalue weighted by atomic mass is 9.89. The van der Waals surface area contributed by atoms with Crippen molar-refractivity contribution in [3.63, 3.8) is 0 Å². The second kappa shape index (κ2) is 5.20. The highest BCUT2D eigenvalue weighted by Gasteiger charge is 2.28. The Bertz CT molecular complexity index is 200. The number of Topliss-reactive ketones (excluding diaryl/α,β-unsaturated/α-hetero) is 1. The fourth-order valence-corrected chi connectivity index (χ4v) is 3.27. The smallest absolute Gasteiger partial charge is 0.134 e. The second-order valence-corrected chi connectivity index (χ2v) is 6.50. The van der Waals surface area contributed by atoms with E-state index in [-0.39, 0.29) is 0 Å². The van der Waals surface area contributed by atoms with Crippen molar-refractivity contribution in [3.05, 3.63) is 0 Å². The Balaban J connectivity index is 2.45. The van der Waals surface area contributed by atoms with E-state index >= 15 is 0 Å². The Hall–Kier alpha value is 0.0200. The molecule has 0 spiro atoms. The van der Waals surface area contributed by atoms with Gasteiger partial charge in [-0.25, -0.2) is 0 Å². The number of hydrogen-bond donors (Lipinski definition) is 0. The molecule has 0 saturated heterocycles. The maximum absolute atomic E-state index is 11.4. The van der Waals surface area contributed by atoms with Crippen LogP contribution in [0.15, 0.2) is 0 Å². The van der Waals surface area contributed by atoms with Crippen LogP contribution >= 0.6 is 11.8 Å². The Morgan fingerprint density at radius 1 is 1.36 bits per heavy atom. The van der Waals surface area contributed by atoms with Crippen molar-refractivity contribution in [2.24, 2.45) is 11.8 Å². The highest BCUT2D eigenvalue weighted by atomic mass is 32.2. The molecule has 1 aliphatic carbocycles. The molecule has 2 heteroatoms. The van der Waals surface area contributed by atoms with E-state index in [1.807, 2.05) is 11.8 Å². The van der Waals surface area contributed by atoms with Gasteiger partial charge in [0, 0.05) is 23.3 Å². The largest absolute Gasteiger partial charge is 0.300 e. The molecule has 3 unspecified atom stereocenters. The lowest BCUT2D eigenvalue weighted by Gasteiger charge is -2.30. The first-order chi connectivity index (χ1) is 6.50. The molecule has 0 amide bonds. The molecule has 1 nitrogen and oxygen atoms in total. The van der Waals surface area contributed by atoms with Crippen molar-refractivity contribution < 1.29 is 4.79 Å². The van der Waals surface area contributed by atoms with Crippen LogP contribution in [0.4, 0.5) is 0 Å². The average molecular weight is 214 g/mol. The molecule has 1 saturated carbocycles. The fourth-order valence-electron chi connectivity index (χ4n) is 1.72. The average Bonchev–Trinajstić information content (AvgIpc) is 2.11. The number of ketones is 1. The van der Waals surface area contributed by atoms with Crippen LogP contribution in [0.5, 0.6) is 0 Å². The van der Waals surface area contributed by atoms with Gasteiger partial charge in [0.25, 0.3) is 0 Å².